The summed E-state index contributed by atoms with van der Waals surface area (Å²) in [4.78, 5) is 0. The van der Waals surface area contributed by atoms with Crippen LogP contribution < -0.4 is 9.47 Å². The van der Waals surface area contributed by atoms with E-state index in [1.165, 1.54) is 12.1 Å². The second-order valence-electron chi connectivity index (χ2n) is 6.61. The molecule has 0 saturated carbocycles. The molecule has 0 aliphatic carbocycles. The van der Waals surface area contributed by atoms with Crippen LogP contribution in [0, 0.1) is 35.4 Å². The van der Waals surface area contributed by atoms with Gasteiger partial charge in [0.05, 0.1) is 6.07 Å². The maximum atomic E-state index is 13.0. The molecule has 2 atom stereocenters. The Morgan fingerprint density at radius 2 is 2.07 bits per heavy atom. The van der Waals surface area contributed by atoms with Crippen molar-refractivity contribution in [2.24, 2.45) is 5.92 Å². The predicted molar refractivity (Wildman–Crippen MR) is 99.8 cm³/mol. The Morgan fingerprint density at radius 1 is 1.29 bits per heavy atom. The van der Waals surface area contributed by atoms with Crippen molar-refractivity contribution in [1.29, 1.82) is 10.7 Å². The summed E-state index contributed by atoms with van der Waals surface area (Å²) in [5, 5.41) is 24.7. The van der Waals surface area contributed by atoms with Crippen molar-refractivity contribution in [3.8, 4) is 17.7 Å². The van der Waals surface area contributed by atoms with E-state index in [0.29, 0.717) is 18.2 Å². The molecule has 2 unspecified atom stereocenters. The smallest absolute Gasteiger partial charge is 0.243 e. The minimum Gasteiger partial charge on any atom is -0.489 e. The van der Waals surface area contributed by atoms with Crippen LogP contribution in [0.5, 0.6) is 11.6 Å². The first-order chi connectivity index (χ1) is 13.6. The van der Waals surface area contributed by atoms with Crippen LogP contribution in [-0.4, -0.2) is 16.1 Å². The lowest BCUT2D eigenvalue weighted by molar-refractivity contribution is 0.305. The first-order valence-electron chi connectivity index (χ1n) is 8.75. The van der Waals surface area contributed by atoms with Gasteiger partial charge in [-0.05, 0) is 42.3 Å². The molecular formula is C21H17FN4O2. The Morgan fingerprint density at radius 3 is 2.82 bits per heavy atom. The molecule has 28 heavy (non-hydrogen) atoms. The highest BCUT2D eigenvalue weighted by molar-refractivity contribution is 5.84. The van der Waals surface area contributed by atoms with Gasteiger partial charge >= 0.3 is 0 Å². The SMILES string of the molecule is Cc1[nH]nc2c1C(c1cccc(OCc3ccc(F)cc3)c1)C(C#N)C(=N)O2. The standard InChI is InChI=1S/C21H17FN4O2/c1-12-18-19(17(10-23)20(24)28-21(18)26-25-12)14-3-2-4-16(9-14)27-11-13-5-7-15(22)8-6-13/h2-9,17,19,24H,11H2,1H3,(H,25,26). The molecule has 2 heterocycles. The maximum Gasteiger partial charge on any atom is 0.243 e. The van der Waals surface area contributed by atoms with Gasteiger partial charge in [0.25, 0.3) is 0 Å². The first kappa shape index (κ1) is 17.7. The lowest BCUT2D eigenvalue weighted by Crippen LogP contribution is -2.31. The quantitative estimate of drug-likeness (QED) is 0.717. The number of rotatable bonds is 4. The van der Waals surface area contributed by atoms with Crippen molar-refractivity contribution >= 4 is 5.90 Å². The molecule has 1 aliphatic heterocycles. The van der Waals surface area contributed by atoms with Crippen LogP contribution in [0.4, 0.5) is 4.39 Å². The topological polar surface area (TPSA) is 94.8 Å². The maximum absolute atomic E-state index is 13.0. The van der Waals surface area contributed by atoms with Crippen molar-refractivity contribution in [2.75, 3.05) is 0 Å². The van der Waals surface area contributed by atoms with Gasteiger partial charge in [0.2, 0.25) is 11.8 Å². The van der Waals surface area contributed by atoms with E-state index in [-0.39, 0.29) is 17.6 Å². The third-order valence-corrected chi connectivity index (χ3v) is 4.77. The fraction of sp³-hybridized carbons (Fsp3) is 0.190. The number of nitrogens with one attached hydrogen (secondary N) is 2. The molecule has 0 bridgehead atoms. The van der Waals surface area contributed by atoms with Crippen molar-refractivity contribution < 1.29 is 13.9 Å². The summed E-state index contributed by atoms with van der Waals surface area (Å²) >= 11 is 0. The summed E-state index contributed by atoms with van der Waals surface area (Å²) in [5.41, 5.74) is 3.26. The second-order valence-corrected chi connectivity index (χ2v) is 6.61. The van der Waals surface area contributed by atoms with E-state index in [1.807, 2.05) is 31.2 Å². The first-order valence-corrected chi connectivity index (χ1v) is 8.75. The molecule has 0 saturated heterocycles. The highest BCUT2D eigenvalue weighted by atomic mass is 19.1. The Bertz CT molecular complexity index is 1070. The van der Waals surface area contributed by atoms with Gasteiger partial charge in [0.1, 0.15) is 24.1 Å². The molecule has 2 aromatic carbocycles. The van der Waals surface area contributed by atoms with Gasteiger partial charge < -0.3 is 9.47 Å². The van der Waals surface area contributed by atoms with E-state index >= 15 is 0 Å². The summed E-state index contributed by atoms with van der Waals surface area (Å²) < 4.78 is 24.3. The molecule has 3 aromatic rings. The van der Waals surface area contributed by atoms with E-state index in [9.17, 15) is 9.65 Å². The number of fused-ring (bicyclic) bond motifs is 1. The van der Waals surface area contributed by atoms with Gasteiger partial charge in [-0.1, -0.05) is 24.3 Å². The fourth-order valence-electron chi connectivity index (χ4n) is 3.38. The molecule has 2 N–H and O–H groups in total. The second kappa shape index (κ2) is 7.16. The molecule has 0 amide bonds. The average molecular weight is 376 g/mol. The number of hydrogen-bond acceptors (Lipinski definition) is 5. The summed E-state index contributed by atoms with van der Waals surface area (Å²) in [6.45, 7) is 2.16. The molecule has 1 aliphatic rings. The lowest BCUT2D eigenvalue weighted by Gasteiger charge is -2.28. The summed E-state index contributed by atoms with van der Waals surface area (Å²) in [6, 6.07) is 15.7. The third-order valence-electron chi connectivity index (χ3n) is 4.77. The number of nitriles is 1. The Hall–Kier alpha value is -3.66. The summed E-state index contributed by atoms with van der Waals surface area (Å²) in [6.07, 6.45) is 0. The van der Waals surface area contributed by atoms with Crippen LogP contribution in [0.3, 0.4) is 0 Å². The molecule has 4 rings (SSSR count). The Balaban J connectivity index is 1.64. The van der Waals surface area contributed by atoms with Crippen LogP contribution in [0.1, 0.15) is 28.3 Å². The molecule has 0 fully saturated rings. The Labute approximate surface area is 161 Å². The number of benzene rings is 2. The van der Waals surface area contributed by atoms with Crippen LogP contribution >= 0.6 is 0 Å². The number of hydrogen-bond donors (Lipinski definition) is 2. The molecule has 6 nitrogen and oxygen atoms in total. The normalized spacial score (nSPS) is 18.1. The zero-order valence-electron chi connectivity index (χ0n) is 15.1. The molecule has 1 aromatic heterocycles. The number of nitrogens with zero attached hydrogens (tertiary/aromatic N) is 2. The minimum absolute atomic E-state index is 0.121. The van der Waals surface area contributed by atoms with Crippen LogP contribution in [0.15, 0.2) is 48.5 Å². The number of halogens is 1. The van der Waals surface area contributed by atoms with Gasteiger partial charge in [-0.2, -0.15) is 5.26 Å². The van der Waals surface area contributed by atoms with Crippen LogP contribution in [0.25, 0.3) is 0 Å². The molecule has 7 heteroatoms. The van der Waals surface area contributed by atoms with E-state index in [2.05, 4.69) is 16.3 Å². The minimum atomic E-state index is -0.754. The molecule has 0 spiro atoms. The van der Waals surface area contributed by atoms with Gasteiger partial charge in [-0.25, -0.2) is 4.39 Å². The van der Waals surface area contributed by atoms with Crippen LogP contribution in [0.2, 0.25) is 0 Å². The molecule has 140 valence electrons. The van der Waals surface area contributed by atoms with Gasteiger partial charge in [-0.15, -0.1) is 5.10 Å². The lowest BCUT2D eigenvalue weighted by atomic mass is 9.79. The third kappa shape index (κ3) is 3.21. The summed E-state index contributed by atoms with van der Waals surface area (Å²) in [7, 11) is 0. The number of ether oxygens (including phenoxy) is 2. The van der Waals surface area contributed by atoms with Crippen molar-refractivity contribution in [2.45, 2.75) is 19.4 Å². The number of aromatic nitrogens is 2. The van der Waals surface area contributed by atoms with Gasteiger partial charge in [-0.3, -0.25) is 10.5 Å². The fourth-order valence-corrected chi connectivity index (χ4v) is 3.38. The zero-order valence-corrected chi connectivity index (χ0v) is 15.1. The van der Waals surface area contributed by atoms with E-state index < -0.39 is 5.92 Å². The number of aromatic amines is 1. The Kier molecular flexibility index (Phi) is 4.53. The van der Waals surface area contributed by atoms with E-state index in [4.69, 9.17) is 14.9 Å². The van der Waals surface area contributed by atoms with E-state index in [1.54, 1.807) is 12.1 Å². The highest BCUT2D eigenvalue weighted by Crippen LogP contribution is 2.43. The largest absolute Gasteiger partial charge is 0.489 e. The average Bonchev–Trinajstić information content (AvgIpc) is 3.07. The number of H-pyrrole nitrogens is 1. The summed E-state index contributed by atoms with van der Waals surface area (Å²) in [5.74, 6) is -0.591. The van der Waals surface area contributed by atoms with Crippen molar-refractivity contribution in [1.82, 2.24) is 10.2 Å². The van der Waals surface area contributed by atoms with Gasteiger partial charge in [0.15, 0.2) is 0 Å². The van der Waals surface area contributed by atoms with Crippen molar-refractivity contribution in [3.05, 3.63) is 76.7 Å². The zero-order chi connectivity index (χ0) is 19.7. The molecule has 0 radical (unpaired) electrons. The van der Waals surface area contributed by atoms with Crippen molar-refractivity contribution in [3.63, 3.8) is 0 Å². The van der Waals surface area contributed by atoms with Crippen LogP contribution in [-0.2, 0) is 6.61 Å². The predicted octanol–water partition coefficient (Wildman–Crippen LogP) is 4.08. The van der Waals surface area contributed by atoms with E-state index in [0.717, 1.165) is 22.4 Å². The monoisotopic (exact) mass is 376 g/mol. The number of aryl methyl sites for hydroxylation is 1. The molecular weight excluding hydrogens is 359 g/mol. The highest BCUT2D eigenvalue weighted by Gasteiger charge is 2.39. The van der Waals surface area contributed by atoms with Gasteiger partial charge in [0, 0.05) is 17.2 Å².